The van der Waals surface area contributed by atoms with Gasteiger partial charge in [-0.3, -0.25) is 19.7 Å². The van der Waals surface area contributed by atoms with Gasteiger partial charge in [-0.05, 0) is 30.3 Å². The van der Waals surface area contributed by atoms with Crippen molar-refractivity contribution in [1.82, 2.24) is 0 Å². The number of nitrogens with zero attached hydrogens (tertiary/aromatic N) is 1. The summed E-state index contributed by atoms with van der Waals surface area (Å²) in [4.78, 5) is 34.6. The molecule has 0 saturated carbocycles. The topological polar surface area (TPSA) is 110 Å². The number of anilines is 1. The largest absolute Gasteiger partial charge is 0.375 e. The van der Waals surface area contributed by atoms with Crippen LogP contribution in [-0.4, -0.2) is 21.7 Å². The van der Waals surface area contributed by atoms with Crippen molar-refractivity contribution in [3.05, 3.63) is 68.7 Å². The predicted molar refractivity (Wildman–Crippen MR) is 86.0 cm³/mol. The molecule has 0 saturated heterocycles. The van der Waals surface area contributed by atoms with Crippen LogP contribution in [0.5, 0.6) is 0 Å². The number of aliphatic hydroxyl groups is 1. The quantitative estimate of drug-likeness (QED) is 0.502. The van der Waals surface area contributed by atoms with E-state index in [4.69, 9.17) is 11.6 Å². The number of nitro groups is 1. The number of carbonyl (C=O) groups excluding carboxylic acids is 2. The Kier molecular flexibility index (Phi) is 3.82. The first-order chi connectivity index (χ1) is 11.3. The molecule has 1 aliphatic rings. The van der Waals surface area contributed by atoms with Crippen molar-refractivity contribution in [3.63, 3.8) is 0 Å². The molecular weight excluding hydrogens is 336 g/mol. The Balaban J connectivity index is 1.90. The van der Waals surface area contributed by atoms with Crippen molar-refractivity contribution in [2.45, 2.75) is 12.0 Å². The third-order valence-corrected chi connectivity index (χ3v) is 4.10. The van der Waals surface area contributed by atoms with Gasteiger partial charge in [-0.25, -0.2) is 0 Å². The summed E-state index contributed by atoms with van der Waals surface area (Å²) in [7, 11) is 0. The van der Waals surface area contributed by atoms with E-state index in [1.54, 1.807) is 12.1 Å². The molecule has 0 fully saturated rings. The van der Waals surface area contributed by atoms with Gasteiger partial charge in [-0.2, -0.15) is 0 Å². The highest BCUT2D eigenvalue weighted by Crippen LogP contribution is 2.40. The third-order valence-electron chi connectivity index (χ3n) is 3.87. The number of halogens is 1. The molecule has 2 aromatic carbocycles. The van der Waals surface area contributed by atoms with Crippen LogP contribution in [0.1, 0.15) is 22.3 Å². The van der Waals surface area contributed by atoms with Crippen LogP contribution in [0.4, 0.5) is 11.4 Å². The Morgan fingerprint density at radius 2 is 1.92 bits per heavy atom. The number of rotatable bonds is 4. The Morgan fingerprint density at radius 1 is 1.25 bits per heavy atom. The molecule has 2 aromatic rings. The van der Waals surface area contributed by atoms with E-state index >= 15 is 0 Å². The fourth-order valence-electron chi connectivity index (χ4n) is 2.59. The molecular formula is C16H11ClN2O5. The minimum atomic E-state index is -2.03. The number of fused-ring (bicyclic) bond motifs is 1. The maximum Gasteiger partial charge on any atom is 0.269 e. The number of nitro benzene ring substituents is 1. The molecule has 1 heterocycles. The number of benzene rings is 2. The first-order valence-electron chi connectivity index (χ1n) is 6.93. The highest BCUT2D eigenvalue weighted by Gasteiger charge is 2.46. The van der Waals surface area contributed by atoms with Crippen molar-refractivity contribution < 1.29 is 19.6 Å². The van der Waals surface area contributed by atoms with E-state index in [0.717, 1.165) is 0 Å². The number of amides is 1. The van der Waals surface area contributed by atoms with Gasteiger partial charge in [-0.15, -0.1) is 0 Å². The molecule has 2 N–H and O–H groups in total. The van der Waals surface area contributed by atoms with Crippen LogP contribution < -0.4 is 5.32 Å². The first kappa shape index (κ1) is 16.1. The SMILES string of the molecule is O=C(C[C@]1(O)C(=O)Nc2ccc(Cl)cc21)c1ccc([N+](=O)[O-])cc1. The molecule has 122 valence electrons. The highest BCUT2D eigenvalue weighted by atomic mass is 35.5. The lowest BCUT2D eigenvalue weighted by Crippen LogP contribution is -2.36. The molecule has 0 aromatic heterocycles. The molecule has 0 spiro atoms. The first-order valence-corrected chi connectivity index (χ1v) is 7.30. The Hall–Kier alpha value is -2.77. The number of non-ortho nitro benzene ring substituents is 1. The second-order valence-electron chi connectivity index (χ2n) is 5.41. The fraction of sp³-hybridized carbons (Fsp3) is 0.125. The summed E-state index contributed by atoms with van der Waals surface area (Å²) in [6, 6.07) is 9.49. The number of hydrogen-bond acceptors (Lipinski definition) is 5. The van der Waals surface area contributed by atoms with Gasteiger partial charge in [0.2, 0.25) is 0 Å². The van der Waals surface area contributed by atoms with Crippen molar-refractivity contribution in [1.29, 1.82) is 0 Å². The van der Waals surface area contributed by atoms with Gasteiger partial charge in [0.15, 0.2) is 11.4 Å². The molecule has 3 rings (SSSR count). The fourth-order valence-corrected chi connectivity index (χ4v) is 2.77. The molecule has 0 radical (unpaired) electrons. The molecule has 1 aliphatic heterocycles. The van der Waals surface area contributed by atoms with Crippen LogP contribution in [0.2, 0.25) is 5.02 Å². The number of Topliss-reactive ketones (excluding diaryl/α,β-unsaturated/α-hetero) is 1. The van der Waals surface area contributed by atoms with Crippen molar-refractivity contribution in [2.75, 3.05) is 5.32 Å². The second kappa shape index (κ2) is 5.70. The zero-order valence-electron chi connectivity index (χ0n) is 12.2. The van der Waals surface area contributed by atoms with Crippen LogP contribution in [0, 0.1) is 10.1 Å². The van der Waals surface area contributed by atoms with Crippen molar-refractivity contribution in [2.24, 2.45) is 0 Å². The lowest BCUT2D eigenvalue weighted by atomic mass is 9.88. The van der Waals surface area contributed by atoms with Gasteiger partial charge in [0.25, 0.3) is 11.6 Å². The van der Waals surface area contributed by atoms with Crippen molar-refractivity contribution in [3.8, 4) is 0 Å². The van der Waals surface area contributed by atoms with Gasteiger partial charge >= 0.3 is 0 Å². The maximum absolute atomic E-state index is 12.4. The minimum Gasteiger partial charge on any atom is -0.375 e. The average molecular weight is 347 g/mol. The van der Waals surface area contributed by atoms with E-state index in [-0.39, 0.29) is 16.8 Å². The molecule has 24 heavy (non-hydrogen) atoms. The molecule has 0 unspecified atom stereocenters. The molecule has 0 bridgehead atoms. The van der Waals surface area contributed by atoms with Crippen LogP contribution >= 0.6 is 11.6 Å². The summed E-state index contributed by atoms with van der Waals surface area (Å²) in [6.07, 6.45) is -0.496. The van der Waals surface area contributed by atoms with E-state index in [2.05, 4.69) is 5.32 Å². The van der Waals surface area contributed by atoms with E-state index < -0.39 is 28.6 Å². The Labute approximate surface area is 141 Å². The lowest BCUT2D eigenvalue weighted by molar-refractivity contribution is -0.384. The number of nitrogens with one attached hydrogen (secondary N) is 1. The van der Waals surface area contributed by atoms with Crippen molar-refractivity contribution >= 4 is 34.7 Å². The van der Waals surface area contributed by atoms with E-state index in [0.29, 0.717) is 10.7 Å². The van der Waals surface area contributed by atoms with Gasteiger partial charge in [0.05, 0.1) is 11.3 Å². The number of ketones is 1. The summed E-state index contributed by atoms with van der Waals surface area (Å²) < 4.78 is 0. The van der Waals surface area contributed by atoms with Gasteiger partial charge in [0, 0.05) is 34.0 Å². The lowest BCUT2D eigenvalue weighted by Gasteiger charge is -2.20. The summed E-state index contributed by atoms with van der Waals surface area (Å²) >= 11 is 5.90. The zero-order valence-corrected chi connectivity index (χ0v) is 12.9. The molecule has 0 aliphatic carbocycles. The monoisotopic (exact) mass is 346 g/mol. The van der Waals surface area contributed by atoms with E-state index in [9.17, 15) is 24.8 Å². The summed E-state index contributed by atoms with van der Waals surface area (Å²) in [6.45, 7) is 0. The molecule has 1 amide bonds. The third kappa shape index (κ3) is 2.64. The smallest absolute Gasteiger partial charge is 0.269 e. The highest BCUT2D eigenvalue weighted by molar-refractivity contribution is 6.31. The van der Waals surface area contributed by atoms with Crippen LogP contribution in [0.25, 0.3) is 0 Å². The molecule has 1 atom stereocenters. The predicted octanol–water partition coefficient (Wildman–Crippen LogP) is 2.66. The van der Waals surface area contributed by atoms with Crippen LogP contribution in [0.15, 0.2) is 42.5 Å². The standard InChI is InChI=1S/C16H11ClN2O5/c17-10-3-6-13-12(7-10)16(22,15(21)18-13)8-14(20)9-1-4-11(5-2-9)19(23)24/h1-7,22H,8H2,(H,18,21)/t16-/m1/s1. The van der Waals surface area contributed by atoms with Gasteiger partial charge in [-0.1, -0.05) is 11.6 Å². The zero-order chi connectivity index (χ0) is 17.5. The minimum absolute atomic E-state index is 0.152. The van der Waals surface area contributed by atoms with E-state index in [1.165, 1.54) is 30.3 Å². The normalized spacial score (nSPS) is 18.8. The maximum atomic E-state index is 12.4. The summed E-state index contributed by atoms with van der Waals surface area (Å²) in [5.41, 5.74) is -1.39. The van der Waals surface area contributed by atoms with Gasteiger partial charge < -0.3 is 10.4 Å². The molecule has 8 heteroatoms. The Morgan fingerprint density at radius 3 is 2.54 bits per heavy atom. The number of carbonyl (C=O) groups is 2. The Bertz CT molecular complexity index is 865. The summed E-state index contributed by atoms with van der Waals surface area (Å²) in [5, 5.41) is 24.2. The van der Waals surface area contributed by atoms with E-state index in [1.807, 2.05) is 0 Å². The summed E-state index contributed by atoms with van der Waals surface area (Å²) in [5.74, 6) is -1.23. The number of hydrogen-bond donors (Lipinski definition) is 2. The van der Waals surface area contributed by atoms with Crippen LogP contribution in [0.3, 0.4) is 0 Å². The average Bonchev–Trinajstić information content (AvgIpc) is 2.78. The van der Waals surface area contributed by atoms with Crippen LogP contribution in [-0.2, 0) is 10.4 Å². The molecule has 7 nitrogen and oxygen atoms in total. The van der Waals surface area contributed by atoms with Gasteiger partial charge in [0.1, 0.15) is 0 Å². The second-order valence-corrected chi connectivity index (χ2v) is 5.84.